The summed E-state index contributed by atoms with van der Waals surface area (Å²) in [6.07, 6.45) is 7.54. The van der Waals surface area contributed by atoms with Gasteiger partial charge in [0.25, 0.3) is 0 Å². The topological polar surface area (TPSA) is 36.4 Å². The van der Waals surface area contributed by atoms with Crippen LogP contribution in [-0.4, -0.2) is 28.8 Å². The van der Waals surface area contributed by atoms with E-state index in [9.17, 15) is 5.11 Å². The molecule has 0 unspecified atom stereocenters. The molecular weight excluding hydrogens is 256 g/mol. The van der Waals surface area contributed by atoms with Crippen LogP contribution in [-0.2, 0) is 0 Å². The van der Waals surface area contributed by atoms with E-state index in [0.717, 1.165) is 29.7 Å². The molecule has 2 aliphatic rings. The molecule has 1 aromatic heterocycles. The van der Waals surface area contributed by atoms with Crippen LogP contribution < -0.4 is 4.90 Å². The Balaban J connectivity index is 1.81. The summed E-state index contributed by atoms with van der Waals surface area (Å²) in [4.78, 5) is 8.40. The van der Waals surface area contributed by atoms with Crippen LogP contribution in [0.2, 0.25) is 0 Å². The van der Waals surface area contributed by atoms with Gasteiger partial charge in [-0.15, -0.1) is 11.3 Å². The number of aromatic nitrogens is 1. The van der Waals surface area contributed by atoms with Gasteiger partial charge in [0.15, 0.2) is 5.13 Å². The standard InChI is InChI=1S/C15H24N2OS/c1-10-11(2)19-15(16-10)17-9-13(18)8-14(17)12-6-4-3-5-7-12/h12-14,18H,3-9H2,1-2H3/t13-,14-/m1/s1. The summed E-state index contributed by atoms with van der Waals surface area (Å²) in [5, 5.41) is 11.2. The zero-order valence-electron chi connectivity index (χ0n) is 11.9. The molecular formula is C15H24N2OS. The van der Waals surface area contributed by atoms with Crippen LogP contribution in [0.4, 0.5) is 5.13 Å². The molecule has 19 heavy (non-hydrogen) atoms. The van der Waals surface area contributed by atoms with Crippen molar-refractivity contribution < 1.29 is 5.11 Å². The number of β-amino-alcohol motifs (C(OH)–C–C–N with tert-alkyl or cyclic N) is 1. The van der Waals surface area contributed by atoms with E-state index in [2.05, 4.69) is 18.7 Å². The van der Waals surface area contributed by atoms with Crippen LogP contribution in [0.1, 0.15) is 49.1 Å². The molecule has 2 fully saturated rings. The maximum atomic E-state index is 10.1. The highest BCUT2D eigenvalue weighted by molar-refractivity contribution is 7.15. The van der Waals surface area contributed by atoms with E-state index < -0.39 is 0 Å². The number of rotatable bonds is 2. The van der Waals surface area contributed by atoms with Crippen LogP contribution >= 0.6 is 11.3 Å². The first kappa shape index (κ1) is 13.4. The molecule has 0 aromatic carbocycles. The molecule has 1 aliphatic carbocycles. The first-order chi connectivity index (χ1) is 9.15. The highest BCUT2D eigenvalue weighted by Crippen LogP contribution is 2.38. The second-order valence-corrected chi connectivity index (χ2v) is 7.33. The number of aryl methyl sites for hydroxylation is 2. The number of anilines is 1. The highest BCUT2D eigenvalue weighted by atomic mass is 32.1. The van der Waals surface area contributed by atoms with Gasteiger partial charge in [-0.2, -0.15) is 0 Å². The Kier molecular flexibility index (Phi) is 3.81. The minimum Gasteiger partial charge on any atom is -0.391 e. The van der Waals surface area contributed by atoms with Gasteiger partial charge in [-0.1, -0.05) is 19.3 Å². The SMILES string of the molecule is Cc1nc(N2C[C@H](O)C[C@@H]2C2CCCCC2)sc1C. The van der Waals surface area contributed by atoms with Crippen molar-refractivity contribution in [1.82, 2.24) is 4.98 Å². The van der Waals surface area contributed by atoms with E-state index in [-0.39, 0.29) is 6.10 Å². The average Bonchev–Trinajstić information content (AvgIpc) is 2.95. The Labute approximate surface area is 119 Å². The summed E-state index contributed by atoms with van der Waals surface area (Å²) in [5.41, 5.74) is 1.14. The molecule has 3 rings (SSSR count). The second-order valence-electron chi connectivity index (χ2n) is 6.15. The Morgan fingerprint density at radius 2 is 1.95 bits per heavy atom. The van der Waals surface area contributed by atoms with Crippen LogP contribution in [0.15, 0.2) is 0 Å². The Morgan fingerprint density at radius 1 is 1.21 bits per heavy atom. The average molecular weight is 280 g/mol. The minimum atomic E-state index is -0.170. The molecule has 0 amide bonds. The minimum absolute atomic E-state index is 0.170. The second kappa shape index (κ2) is 5.41. The Bertz CT molecular complexity index is 420. The van der Waals surface area contributed by atoms with Crippen molar-refractivity contribution in [1.29, 1.82) is 0 Å². The van der Waals surface area contributed by atoms with Crippen LogP contribution in [0, 0.1) is 19.8 Å². The van der Waals surface area contributed by atoms with Gasteiger partial charge >= 0.3 is 0 Å². The molecule has 0 bridgehead atoms. The third kappa shape index (κ3) is 2.65. The van der Waals surface area contributed by atoms with Crippen molar-refractivity contribution in [3.05, 3.63) is 10.6 Å². The normalized spacial score (nSPS) is 29.1. The largest absolute Gasteiger partial charge is 0.391 e. The summed E-state index contributed by atoms with van der Waals surface area (Å²) >= 11 is 1.79. The van der Waals surface area contributed by atoms with E-state index in [1.54, 1.807) is 11.3 Å². The molecule has 1 aromatic rings. The fraction of sp³-hybridized carbons (Fsp3) is 0.800. The summed E-state index contributed by atoms with van der Waals surface area (Å²) in [6.45, 7) is 4.99. The monoisotopic (exact) mass is 280 g/mol. The number of aliphatic hydroxyl groups is 1. The lowest BCUT2D eigenvalue weighted by Crippen LogP contribution is -2.36. The van der Waals surface area contributed by atoms with E-state index in [4.69, 9.17) is 4.98 Å². The zero-order chi connectivity index (χ0) is 13.4. The van der Waals surface area contributed by atoms with E-state index in [1.807, 2.05) is 0 Å². The number of thiazole rings is 1. The molecule has 0 radical (unpaired) electrons. The van der Waals surface area contributed by atoms with Gasteiger partial charge in [-0.05, 0) is 39.0 Å². The molecule has 0 spiro atoms. The Morgan fingerprint density at radius 3 is 2.58 bits per heavy atom. The lowest BCUT2D eigenvalue weighted by atomic mass is 9.83. The van der Waals surface area contributed by atoms with Crippen molar-refractivity contribution in [2.45, 2.75) is 64.5 Å². The maximum absolute atomic E-state index is 10.1. The number of nitrogens with zero attached hydrogens (tertiary/aromatic N) is 2. The lowest BCUT2D eigenvalue weighted by Gasteiger charge is -2.33. The summed E-state index contributed by atoms with van der Waals surface area (Å²) in [6, 6.07) is 0.514. The van der Waals surface area contributed by atoms with E-state index >= 15 is 0 Å². The fourth-order valence-electron chi connectivity index (χ4n) is 3.61. The van der Waals surface area contributed by atoms with Crippen molar-refractivity contribution in [3.8, 4) is 0 Å². The molecule has 1 saturated carbocycles. The molecule has 1 saturated heterocycles. The fourth-order valence-corrected chi connectivity index (χ4v) is 4.58. The molecule has 1 N–H and O–H groups in total. The molecule has 4 heteroatoms. The predicted molar refractivity (Wildman–Crippen MR) is 79.9 cm³/mol. The highest BCUT2D eigenvalue weighted by Gasteiger charge is 2.38. The predicted octanol–water partition coefficient (Wildman–Crippen LogP) is 3.28. The van der Waals surface area contributed by atoms with Crippen molar-refractivity contribution in [2.24, 2.45) is 5.92 Å². The van der Waals surface area contributed by atoms with Crippen LogP contribution in [0.3, 0.4) is 0 Å². The van der Waals surface area contributed by atoms with Gasteiger partial charge in [0.1, 0.15) is 0 Å². The molecule has 106 valence electrons. The first-order valence-electron chi connectivity index (χ1n) is 7.54. The van der Waals surface area contributed by atoms with Gasteiger partial charge < -0.3 is 10.0 Å². The zero-order valence-corrected chi connectivity index (χ0v) is 12.7. The van der Waals surface area contributed by atoms with Gasteiger partial charge in [-0.25, -0.2) is 4.98 Å². The van der Waals surface area contributed by atoms with Gasteiger partial charge in [0.2, 0.25) is 0 Å². The number of hydrogen-bond acceptors (Lipinski definition) is 4. The summed E-state index contributed by atoms with van der Waals surface area (Å²) < 4.78 is 0. The smallest absolute Gasteiger partial charge is 0.186 e. The first-order valence-corrected chi connectivity index (χ1v) is 8.35. The van der Waals surface area contributed by atoms with Crippen LogP contribution in [0.25, 0.3) is 0 Å². The van der Waals surface area contributed by atoms with Crippen molar-refractivity contribution in [2.75, 3.05) is 11.4 Å². The molecule has 2 heterocycles. The molecule has 3 nitrogen and oxygen atoms in total. The van der Waals surface area contributed by atoms with Gasteiger partial charge in [0, 0.05) is 17.5 Å². The Hall–Kier alpha value is -0.610. The molecule has 1 aliphatic heterocycles. The van der Waals surface area contributed by atoms with Crippen molar-refractivity contribution in [3.63, 3.8) is 0 Å². The number of hydrogen-bond donors (Lipinski definition) is 1. The van der Waals surface area contributed by atoms with Crippen LogP contribution in [0.5, 0.6) is 0 Å². The van der Waals surface area contributed by atoms with E-state index in [1.165, 1.54) is 37.0 Å². The quantitative estimate of drug-likeness (QED) is 0.903. The molecule has 2 atom stereocenters. The number of aliphatic hydroxyl groups excluding tert-OH is 1. The van der Waals surface area contributed by atoms with Gasteiger partial charge in [0.05, 0.1) is 11.8 Å². The lowest BCUT2D eigenvalue weighted by molar-refractivity contribution is 0.185. The third-order valence-corrected chi connectivity index (χ3v) is 5.89. The van der Waals surface area contributed by atoms with Gasteiger partial charge in [-0.3, -0.25) is 0 Å². The van der Waals surface area contributed by atoms with E-state index in [0.29, 0.717) is 6.04 Å². The summed E-state index contributed by atoms with van der Waals surface area (Å²) in [5.74, 6) is 0.760. The summed E-state index contributed by atoms with van der Waals surface area (Å²) in [7, 11) is 0. The maximum Gasteiger partial charge on any atom is 0.186 e. The van der Waals surface area contributed by atoms with Crippen molar-refractivity contribution >= 4 is 16.5 Å². The third-order valence-electron chi connectivity index (χ3n) is 4.78.